The van der Waals surface area contributed by atoms with Crippen molar-refractivity contribution in [2.75, 3.05) is 21.9 Å². The molecule has 0 saturated carbocycles. The van der Waals surface area contributed by atoms with Gasteiger partial charge in [0.2, 0.25) is 15.9 Å². The van der Waals surface area contributed by atoms with Gasteiger partial charge in [-0.1, -0.05) is 28.9 Å². The summed E-state index contributed by atoms with van der Waals surface area (Å²) in [6, 6.07) is 10.3. The highest BCUT2D eigenvalue weighted by Gasteiger charge is 2.42. The van der Waals surface area contributed by atoms with Crippen LogP contribution in [0.15, 0.2) is 51.8 Å². The molecule has 1 amide bonds. The molecule has 1 fully saturated rings. The molecule has 28 heavy (non-hydrogen) atoms. The summed E-state index contributed by atoms with van der Waals surface area (Å²) in [7, 11) is -6.69. The van der Waals surface area contributed by atoms with Gasteiger partial charge in [0, 0.05) is 10.2 Å². The molecule has 1 unspecified atom stereocenters. The van der Waals surface area contributed by atoms with E-state index in [1.54, 1.807) is 24.3 Å². The first-order chi connectivity index (χ1) is 13.0. The Labute approximate surface area is 171 Å². The number of sulfonamides is 2. The molecule has 3 rings (SSSR count). The number of rotatable bonds is 5. The van der Waals surface area contributed by atoms with Crippen LogP contribution in [0.25, 0.3) is 0 Å². The fraction of sp³-hybridized carbons (Fsp3) is 0.235. The summed E-state index contributed by atoms with van der Waals surface area (Å²) in [5.41, 5.74) is 0.255. The van der Waals surface area contributed by atoms with Crippen LogP contribution in [0.4, 0.5) is 11.4 Å². The Hall–Kier alpha value is -2.11. The maximum absolute atomic E-state index is 12.9. The Bertz CT molecular complexity index is 1150. The monoisotopic (exact) mass is 488 g/mol. The highest BCUT2D eigenvalue weighted by molar-refractivity contribution is 9.10. The SMILES string of the molecule is COc1ccc(N2C(=O)C(C)CS2(=O)=O)cc1S(=O)(=O)Nc1cccc(Br)c1. The molecule has 1 heterocycles. The van der Waals surface area contributed by atoms with Gasteiger partial charge >= 0.3 is 0 Å². The van der Waals surface area contributed by atoms with Gasteiger partial charge in [-0.25, -0.2) is 21.1 Å². The lowest BCUT2D eigenvalue weighted by Gasteiger charge is -2.18. The van der Waals surface area contributed by atoms with Crippen LogP contribution in [-0.2, 0) is 24.8 Å². The van der Waals surface area contributed by atoms with E-state index in [0.717, 1.165) is 6.07 Å². The van der Waals surface area contributed by atoms with Gasteiger partial charge in [0.1, 0.15) is 10.6 Å². The smallest absolute Gasteiger partial charge is 0.265 e. The molecule has 0 bridgehead atoms. The highest BCUT2D eigenvalue weighted by atomic mass is 79.9. The molecule has 2 aromatic rings. The summed E-state index contributed by atoms with van der Waals surface area (Å²) in [5, 5.41) is 0. The Morgan fingerprint density at radius 2 is 1.93 bits per heavy atom. The van der Waals surface area contributed by atoms with E-state index in [1.807, 2.05) is 0 Å². The molecule has 1 N–H and O–H groups in total. The summed E-state index contributed by atoms with van der Waals surface area (Å²) in [5.74, 6) is -1.61. The number of hydrogen-bond donors (Lipinski definition) is 1. The summed E-state index contributed by atoms with van der Waals surface area (Å²) in [6.45, 7) is 1.51. The van der Waals surface area contributed by atoms with E-state index in [9.17, 15) is 21.6 Å². The molecule has 11 heteroatoms. The first kappa shape index (κ1) is 20.6. The standard InChI is InChI=1S/C17H17BrN2O6S2/c1-11-10-27(22,23)20(17(11)21)14-6-7-15(26-2)16(9-14)28(24,25)19-13-5-3-4-12(18)8-13/h3-9,11,19H,10H2,1-2H3. The Morgan fingerprint density at radius 3 is 2.50 bits per heavy atom. The maximum Gasteiger partial charge on any atom is 0.265 e. The number of halogens is 1. The minimum absolute atomic E-state index is 0.0170. The molecule has 0 spiro atoms. The molecule has 150 valence electrons. The molecular formula is C17H17BrN2O6S2. The molecule has 1 saturated heterocycles. The molecule has 0 aliphatic carbocycles. The van der Waals surface area contributed by atoms with Crippen LogP contribution in [0, 0.1) is 5.92 Å². The van der Waals surface area contributed by atoms with E-state index in [0.29, 0.717) is 14.5 Å². The van der Waals surface area contributed by atoms with Crippen LogP contribution in [-0.4, -0.2) is 35.6 Å². The summed E-state index contributed by atoms with van der Waals surface area (Å²) in [6.07, 6.45) is 0. The minimum atomic E-state index is -4.12. The highest BCUT2D eigenvalue weighted by Crippen LogP contribution is 2.34. The van der Waals surface area contributed by atoms with E-state index >= 15 is 0 Å². The van der Waals surface area contributed by atoms with E-state index in [2.05, 4.69) is 20.7 Å². The van der Waals surface area contributed by atoms with E-state index in [1.165, 1.54) is 26.2 Å². The van der Waals surface area contributed by atoms with Gasteiger partial charge in [0.05, 0.1) is 24.5 Å². The predicted molar refractivity (Wildman–Crippen MR) is 108 cm³/mol. The van der Waals surface area contributed by atoms with Crippen molar-refractivity contribution in [1.29, 1.82) is 0 Å². The van der Waals surface area contributed by atoms with Crippen LogP contribution in [0.2, 0.25) is 0 Å². The molecule has 1 aliphatic rings. The van der Waals surface area contributed by atoms with Crippen molar-refractivity contribution in [3.63, 3.8) is 0 Å². The summed E-state index contributed by atoms with van der Waals surface area (Å²) in [4.78, 5) is 12.0. The third-order valence-electron chi connectivity index (χ3n) is 4.11. The zero-order valence-corrected chi connectivity index (χ0v) is 18.1. The van der Waals surface area contributed by atoms with Crippen LogP contribution in [0.1, 0.15) is 6.92 Å². The first-order valence-electron chi connectivity index (χ1n) is 8.08. The van der Waals surface area contributed by atoms with Crippen LogP contribution < -0.4 is 13.8 Å². The van der Waals surface area contributed by atoms with Crippen molar-refractivity contribution in [3.05, 3.63) is 46.9 Å². The second-order valence-electron chi connectivity index (χ2n) is 6.23. The zero-order chi connectivity index (χ0) is 20.7. The number of anilines is 2. The van der Waals surface area contributed by atoms with Crippen LogP contribution in [0.5, 0.6) is 5.75 Å². The molecule has 0 radical (unpaired) electrons. The average Bonchev–Trinajstić information content (AvgIpc) is 2.81. The van der Waals surface area contributed by atoms with Crippen LogP contribution >= 0.6 is 15.9 Å². The number of carbonyl (C=O) groups excluding carboxylic acids is 1. The van der Waals surface area contributed by atoms with Crippen LogP contribution in [0.3, 0.4) is 0 Å². The zero-order valence-electron chi connectivity index (χ0n) is 14.9. The third-order valence-corrected chi connectivity index (χ3v) is 7.87. The molecule has 2 aromatic carbocycles. The maximum atomic E-state index is 12.9. The van der Waals surface area contributed by atoms with Gasteiger partial charge in [-0.15, -0.1) is 0 Å². The number of benzene rings is 2. The van der Waals surface area contributed by atoms with Gasteiger partial charge in [-0.05, 0) is 36.4 Å². The normalized spacial score (nSPS) is 18.9. The molecule has 8 nitrogen and oxygen atoms in total. The number of amides is 1. The topological polar surface area (TPSA) is 110 Å². The molecule has 0 aromatic heterocycles. The molecular weight excluding hydrogens is 472 g/mol. The van der Waals surface area contributed by atoms with Crippen molar-refractivity contribution in [1.82, 2.24) is 0 Å². The first-order valence-corrected chi connectivity index (χ1v) is 12.0. The fourth-order valence-corrected chi connectivity index (χ4v) is 6.30. The molecule has 1 aliphatic heterocycles. The number of ether oxygens (including phenoxy) is 1. The second kappa shape index (κ2) is 7.37. The number of nitrogens with one attached hydrogen (secondary N) is 1. The van der Waals surface area contributed by atoms with Crippen molar-refractivity contribution in [2.45, 2.75) is 11.8 Å². The lowest BCUT2D eigenvalue weighted by molar-refractivity contribution is -0.119. The predicted octanol–water partition coefficient (Wildman–Crippen LogP) is 2.57. The largest absolute Gasteiger partial charge is 0.495 e. The van der Waals surface area contributed by atoms with Gasteiger partial charge in [-0.3, -0.25) is 9.52 Å². The number of nitrogens with zero attached hydrogens (tertiary/aromatic N) is 1. The Kier molecular flexibility index (Phi) is 5.43. The lowest BCUT2D eigenvalue weighted by atomic mass is 10.2. The van der Waals surface area contributed by atoms with Crippen molar-refractivity contribution < 1.29 is 26.4 Å². The fourth-order valence-electron chi connectivity index (χ4n) is 2.85. The van der Waals surface area contributed by atoms with E-state index in [4.69, 9.17) is 4.74 Å². The third kappa shape index (κ3) is 3.87. The lowest BCUT2D eigenvalue weighted by Crippen LogP contribution is -2.30. The summed E-state index contributed by atoms with van der Waals surface area (Å²) < 4.78 is 59.3. The number of methoxy groups -OCH3 is 1. The summed E-state index contributed by atoms with van der Waals surface area (Å²) >= 11 is 3.26. The number of carbonyl (C=O) groups is 1. The van der Waals surface area contributed by atoms with Crippen molar-refractivity contribution in [2.24, 2.45) is 5.92 Å². The quantitative estimate of drug-likeness (QED) is 0.692. The Morgan fingerprint density at radius 1 is 1.21 bits per heavy atom. The van der Waals surface area contributed by atoms with Gasteiger partial charge < -0.3 is 4.74 Å². The van der Waals surface area contributed by atoms with Crippen molar-refractivity contribution in [3.8, 4) is 5.75 Å². The average molecular weight is 489 g/mol. The van der Waals surface area contributed by atoms with E-state index in [-0.39, 0.29) is 22.1 Å². The molecule has 1 atom stereocenters. The van der Waals surface area contributed by atoms with Gasteiger partial charge in [-0.2, -0.15) is 0 Å². The second-order valence-corrected chi connectivity index (χ2v) is 10.7. The van der Waals surface area contributed by atoms with Gasteiger partial charge in [0.25, 0.3) is 10.0 Å². The minimum Gasteiger partial charge on any atom is -0.495 e. The van der Waals surface area contributed by atoms with Gasteiger partial charge in [0.15, 0.2) is 0 Å². The van der Waals surface area contributed by atoms with E-state index < -0.39 is 31.9 Å². The van der Waals surface area contributed by atoms with Crippen molar-refractivity contribution >= 4 is 53.3 Å². The Balaban J connectivity index is 2.08. The number of hydrogen-bond acceptors (Lipinski definition) is 6.